The fourth-order valence-electron chi connectivity index (χ4n) is 3.34. The molecule has 8 heteroatoms. The first-order valence-corrected chi connectivity index (χ1v) is 8.04. The fourth-order valence-corrected chi connectivity index (χ4v) is 3.34. The molecular weight excluding hydrogens is 292 g/mol. The molecule has 1 saturated heterocycles. The van der Waals surface area contributed by atoms with Gasteiger partial charge in [0, 0.05) is 12.2 Å². The Balaban J connectivity index is 1.63. The van der Waals surface area contributed by atoms with Crippen LogP contribution in [0.5, 0.6) is 0 Å². The second kappa shape index (κ2) is 5.60. The Labute approximate surface area is 134 Å². The maximum atomic E-state index is 4.61. The second-order valence-electron chi connectivity index (χ2n) is 6.17. The topological polar surface area (TPSA) is 77.0 Å². The molecule has 1 aliphatic heterocycles. The Morgan fingerprint density at radius 2 is 2.09 bits per heavy atom. The Morgan fingerprint density at radius 1 is 1.17 bits per heavy atom. The van der Waals surface area contributed by atoms with Gasteiger partial charge in [0.05, 0.1) is 18.3 Å². The van der Waals surface area contributed by atoms with E-state index in [1.165, 1.54) is 23.2 Å². The van der Waals surface area contributed by atoms with Crippen LogP contribution in [0.2, 0.25) is 0 Å². The van der Waals surface area contributed by atoms with Crippen molar-refractivity contribution in [3.05, 3.63) is 29.6 Å². The minimum absolute atomic E-state index is 0.392. The van der Waals surface area contributed by atoms with E-state index in [2.05, 4.69) is 48.3 Å². The van der Waals surface area contributed by atoms with Crippen molar-refractivity contribution < 1.29 is 0 Å². The van der Waals surface area contributed by atoms with Gasteiger partial charge in [-0.2, -0.15) is 5.10 Å². The molecule has 8 nitrogen and oxygen atoms in total. The van der Waals surface area contributed by atoms with E-state index < -0.39 is 0 Å². The van der Waals surface area contributed by atoms with Gasteiger partial charge in [-0.3, -0.25) is 4.68 Å². The molecule has 1 atom stereocenters. The number of aryl methyl sites for hydroxylation is 2. The molecule has 0 saturated carbocycles. The molecule has 120 valence electrons. The standard InChI is InChI=1S/C15H20N8/c1-11-9-12(2)22(17-11)10-13-5-3-4-8-21(13)15-7-6-14-16-19-20-23(14)18-15/h6-7,9,13H,3-5,8,10H2,1-2H3. The summed E-state index contributed by atoms with van der Waals surface area (Å²) < 4.78 is 3.60. The van der Waals surface area contributed by atoms with E-state index in [9.17, 15) is 0 Å². The summed E-state index contributed by atoms with van der Waals surface area (Å²) in [5.41, 5.74) is 2.94. The first kappa shape index (κ1) is 14.1. The lowest BCUT2D eigenvalue weighted by molar-refractivity contribution is 0.391. The minimum Gasteiger partial charge on any atom is -0.350 e. The van der Waals surface area contributed by atoms with Crippen molar-refractivity contribution in [2.45, 2.75) is 45.7 Å². The van der Waals surface area contributed by atoms with Gasteiger partial charge in [-0.05, 0) is 61.7 Å². The molecule has 0 spiro atoms. The van der Waals surface area contributed by atoms with E-state index in [1.807, 2.05) is 19.1 Å². The van der Waals surface area contributed by atoms with Gasteiger partial charge in [-0.25, -0.2) is 0 Å². The number of hydrogen-bond acceptors (Lipinski definition) is 6. The monoisotopic (exact) mass is 312 g/mol. The lowest BCUT2D eigenvalue weighted by atomic mass is 10.0. The molecule has 3 aromatic rings. The number of piperidine rings is 1. The minimum atomic E-state index is 0.392. The number of rotatable bonds is 3. The van der Waals surface area contributed by atoms with Gasteiger partial charge in [0.25, 0.3) is 0 Å². The molecule has 3 aromatic heterocycles. The largest absolute Gasteiger partial charge is 0.350 e. The molecule has 4 heterocycles. The Hall–Kier alpha value is -2.51. The first-order valence-electron chi connectivity index (χ1n) is 8.04. The lowest BCUT2D eigenvalue weighted by Gasteiger charge is -2.36. The molecule has 1 unspecified atom stereocenters. The summed E-state index contributed by atoms with van der Waals surface area (Å²) in [6.45, 7) is 6.04. The number of tetrazole rings is 1. The highest BCUT2D eigenvalue weighted by atomic mass is 15.6. The number of aromatic nitrogens is 7. The molecule has 1 aliphatic rings. The number of fused-ring (bicyclic) bond motifs is 1. The van der Waals surface area contributed by atoms with Crippen molar-refractivity contribution in [1.82, 2.24) is 35.0 Å². The van der Waals surface area contributed by atoms with Gasteiger partial charge >= 0.3 is 0 Å². The first-order chi connectivity index (χ1) is 11.2. The van der Waals surface area contributed by atoms with Crippen molar-refractivity contribution in [2.75, 3.05) is 11.4 Å². The highest BCUT2D eigenvalue weighted by Gasteiger charge is 2.25. The molecule has 4 rings (SSSR count). The zero-order valence-electron chi connectivity index (χ0n) is 13.4. The molecule has 23 heavy (non-hydrogen) atoms. The third-order valence-electron chi connectivity index (χ3n) is 4.46. The Bertz CT molecular complexity index is 820. The maximum absolute atomic E-state index is 4.61. The van der Waals surface area contributed by atoms with E-state index in [-0.39, 0.29) is 0 Å². The van der Waals surface area contributed by atoms with Crippen molar-refractivity contribution in [2.24, 2.45) is 0 Å². The van der Waals surface area contributed by atoms with Crippen LogP contribution >= 0.6 is 0 Å². The molecule has 0 bridgehead atoms. The second-order valence-corrected chi connectivity index (χ2v) is 6.17. The maximum Gasteiger partial charge on any atom is 0.200 e. The van der Waals surface area contributed by atoms with E-state index in [4.69, 9.17) is 0 Å². The van der Waals surface area contributed by atoms with Crippen LogP contribution in [-0.2, 0) is 6.54 Å². The number of hydrogen-bond donors (Lipinski definition) is 0. The van der Waals surface area contributed by atoms with E-state index in [1.54, 1.807) is 0 Å². The van der Waals surface area contributed by atoms with Crippen molar-refractivity contribution in [3.63, 3.8) is 0 Å². The third kappa shape index (κ3) is 2.64. The summed E-state index contributed by atoms with van der Waals surface area (Å²) in [6, 6.07) is 6.43. The van der Waals surface area contributed by atoms with Gasteiger partial charge in [0.1, 0.15) is 0 Å². The molecule has 1 fully saturated rings. The van der Waals surface area contributed by atoms with Crippen LogP contribution < -0.4 is 4.90 Å². The summed E-state index contributed by atoms with van der Waals surface area (Å²) in [6.07, 6.45) is 3.57. The van der Waals surface area contributed by atoms with E-state index in [0.717, 1.165) is 31.0 Å². The summed E-state index contributed by atoms with van der Waals surface area (Å²) in [5, 5.41) is 20.6. The van der Waals surface area contributed by atoms with Gasteiger partial charge in [-0.1, -0.05) is 0 Å². The van der Waals surface area contributed by atoms with Crippen LogP contribution in [0.1, 0.15) is 30.7 Å². The van der Waals surface area contributed by atoms with Crippen molar-refractivity contribution in [3.8, 4) is 0 Å². The van der Waals surface area contributed by atoms with Gasteiger partial charge in [0.15, 0.2) is 11.5 Å². The van der Waals surface area contributed by atoms with Crippen LogP contribution in [0.4, 0.5) is 5.82 Å². The zero-order valence-corrected chi connectivity index (χ0v) is 13.4. The van der Waals surface area contributed by atoms with Crippen LogP contribution in [0.15, 0.2) is 18.2 Å². The van der Waals surface area contributed by atoms with Crippen LogP contribution in [0, 0.1) is 13.8 Å². The molecule has 0 amide bonds. The molecule has 0 aliphatic carbocycles. The number of anilines is 1. The summed E-state index contributed by atoms with van der Waals surface area (Å²) >= 11 is 0. The SMILES string of the molecule is Cc1cc(C)n(CC2CCCCN2c2ccc3nnnn3n2)n1. The predicted molar refractivity (Wildman–Crippen MR) is 85.3 cm³/mol. The molecule has 0 aromatic carbocycles. The van der Waals surface area contributed by atoms with Crippen molar-refractivity contribution in [1.29, 1.82) is 0 Å². The normalized spacial score (nSPS) is 18.7. The lowest BCUT2D eigenvalue weighted by Crippen LogP contribution is -2.43. The molecular formula is C15H20N8. The highest BCUT2D eigenvalue weighted by molar-refractivity contribution is 5.45. The predicted octanol–water partition coefficient (Wildman–Crippen LogP) is 1.39. The summed E-state index contributed by atoms with van der Waals surface area (Å²) in [7, 11) is 0. The van der Waals surface area contributed by atoms with Crippen LogP contribution in [0.25, 0.3) is 5.65 Å². The van der Waals surface area contributed by atoms with Crippen molar-refractivity contribution >= 4 is 11.5 Å². The highest BCUT2D eigenvalue weighted by Crippen LogP contribution is 2.24. The summed E-state index contributed by atoms with van der Waals surface area (Å²) in [4.78, 5) is 2.36. The average molecular weight is 312 g/mol. The Morgan fingerprint density at radius 3 is 2.91 bits per heavy atom. The third-order valence-corrected chi connectivity index (χ3v) is 4.46. The quantitative estimate of drug-likeness (QED) is 0.727. The van der Waals surface area contributed by atoms with E-state index >= 15 is 0 Å². The van der Waals surface area contributed by atoms with Gasteiger partial charge < -0.3 is 4.90 Å². The van der Waals surface area contributed by atoms with Gasteiger partial charge in [-0.15, -0.1) is 14.8 Å². The van der Waals surface area contributed by atoms with E-state index in [0.29, 0.717) is 11.7 Å². The fraction of sp³-hybridized carbons (Fsp3) is 0.533. The zero-order chi connectivity index (χ0) is 15.8. The Kier molecular flexibility index (Phi) is 3.44. The smallest absolute Gasteiger partial charge is 0.200 e. The van der Waals surface area contributed by atoms with Crippen LogP contribution in [0.3, 0.4) is 0 Å². The summed E-state index contributed by atoms with van der Waals surface area (Å²) in [5.74, 6) is 0.927. The van der Waals surface area contributed by atoms with Crippen LogP contribution in [-0.4, -0.2) is 47.6 Å². The average Bonchev–Trinajstić information content (AvgIpc) is 3.13. The molecule has 0 N–H and O–H groups in total. The molecule has 0 radical (unpaired) electrons. The van der Waals surface area contributed by atoms with Gasteiger partial charge in [0.2, 0.25) is 0 Å². The number of nitrogens with zero attached hydrogens (tertiary/aromatic N) is 8.